The van der Waals surface area contributed by atoms with Crippen LogP contribution in [0.2, 0.25) is 0 Å². The molecule has 2 aliphatic rings. The molecule has 2 fully saturated rings. The van der Waals surface area contributed by atoms with Crippen LogP contribution in [0.25, 0.3) is 0 Å². The molecule has 0 aromatic carbocycles. The first-order valence-corrected chi connectivity index (χ1v) is 9.28. The van der Waals surface area contributed by atoms with Crippen LogP contribution in [0, 0.1) is 0 Å². The smallest absolute Gasteiger partial charge is 0.257 e. The molecule has 0 unspecified atom stereocenters. The molecule has 6 heteroatoms. The van der Waals surface area contributed by atoms with E-state index in [1.165, 1.54) is 19.3 Å². The second-order valence-electron chi connectivity index (χ2n) is 7.38. The Hall–Kier alpha value is -1.40. The molecule has 2 heterocycles. The SMILES string of the molecule is C[C@H](O)CN1CCN(C(=O)c2cn(C)nc2C2CCCCC2)CC1. The number of carbonyl (C=O) groups excluding carboxylic acids is 1. The minimum atomic E-state index is -0.316. The molecule has 0 spiro atoms. The molecule has 3 rings (SSSR count). The number of aryl methyl sites for hydroxylation is 1. The Bertz CT molecular complexity index is 555. The zero-order chi connectivity index (χ0) is 17.1. The van der Waals surface area contributed by atoms with Gasteiger partial charge in [0, 0.05) is 51.9 Å². The Kier molecular flexibility index (Phi) is 5.56. The Labute approximate surface area is 144 Å². The molecule has 24 heavy (non-hydrogen) atoms. The highest BCUT2D eigenvalue weighted by molar-refractivity contribution is 5.95. The number of β-amino-alcohol motifs (C(OH)–C–C–N with tert-alkyl or cyclic N) is 1. The van der Waals surface area contributed by atoms with Gasteiger partial charge in [-0.2, -0.15) is 5.10 Å². The summed E-state index contributed by atoms with van der Waals surface area (Å²) in [5.41, 5.74) is 1.81. The third kappa shape index (κ3) is 3.98. The van der Waals surface area contributed by atoms with Gasteiger partial charge >= 0.3 is 0 Å². The number of aliphatic hydroxyl groups excluding tert-OH is 1. The van der Waals surface area contributed by atoms with Gasteiger partial charge in [0.15, 0.2) is 0 Å². The maximum absolute atomic E-state index is 13.0. The molecule has 1 aromatic heterocycles. The van der Waals surface area contributed by atoms with E-state index in [0.717, 1.165) is 50.3 Å². The highest BCUT2D eigenvalue weighted by Crippen LogP contribution is 2.33. The largest absolute Gasteiger partial charge is 0.392 e. The zero-order valence-electron chi connectivity index (χ0n) is 14.9. The molecule has 0 bridgehead atoms. The number of hydrogen-bond donors (Lipinski definition) is 1. The van der Waals surface area contributed by atoms with Crippen molar-refractivity contribution in [3.05, 3.63) is 17.5 Å². The van der Waals surface area contributed by atoms with Crippen molar-refractivity contribution in [3.8, 4) is 0 Å². The summed E-state index contributed by atoms with van der Waals surface area (Å²) in [6.07, 6.45) is 7.67. The summed E-state index contributed by atoms with van der Waals surface area (Å²) in [5.74, 6) is 0.566. The van der Waals surface area contributed by atoms with Gasteiger partial charge in [0.1, 0.15) is 0 Å². The van der Waals surface area contributed by atoms with E-state index in [1.807, 2.05) is 25.1 Å². The van der Waals surface area contributed by atoms with E-state index < -0.39 is 0 Å². The van der Waals surface area contributed by atoms with Gasteiger partial charge in [0.2, 0.25) is 0 Å². The van der Waals surface area contributed by atoms with Crippen molar-refractivity contribution >= 4 is 5.91 Å². The van der Waals surface area contributed by atoms with Crippen LogP contribution in [0.5, 0.6) is 0 Å². The third-order valence-corrected chi connectivity index (χ3v) is 5.26. The molecule has 1 aromatic rings. The summed E-state index contributed by atoms with van der Waals surface area (Å²) in [7, 11) is 1.91. The number of amides is 1. The molecular weight excluding hydrogens is 304 g/mol. The zero-order valence-corrected chi connectivity index (χ0v) is 14.9. The summed E-state index contributed by atoms with van der Waals surface area (Å²) in [4.78, 5) is 17.2. The number of carbonyl (C=O) groups is 1. The van der Waals surface area contributed by atoms with Crippen molar-refractivity contribution in [1.29, 1.82) is 0 Å². The summed E-state index contributed by atoms with van der Waals surface area (Å²) in [5, 5.41) is 14.1. The number of aliphatic hydroxyl groups is 1. The summed E-state index contributed by atoms with van der Waals surface area (Å²) >= 11 is 0. The van der Waals surface area contributed by atoms with Crippen molar-refractivity contribution in [1.82, 2.24) is 19.6 Å². The quantitative estimate of drug-likeness (QED) is 0.909. The summed E-state index contributed by atoms with van der Waals surface area (Å²) in [6, 6.07) is 0. The lowest BCUT2D eigenvalue weighted by atomic mass is 9.85. The second kappa shape index (κ2) is 7.66. The van der Waals surface area contributed by atoms with Crippen LogP contribution in [0.1, 0.15) is 61.0 Å². The van der Waals surface area contributed by atoms with E-state index in [-0.39, 0.29) is 12.0 Å². The average molecular weight is 334 g/mol. The van der Waals surface area contributed by atoms with Gasteiger partial charge in [0.25, 0.3) is 5.91 Å². The first kappa shape index (κ1) is 17.4. The standard InChI is InChI=1S/C18H30N4O2/c1-14(23)12-21-8-10-22(11-9-21)18(24)16-13-20(2)19-17(16)15-6-4-3-5-7-15/h13-15,23H,3-12H2,1-2H3/t14-/m0/s1. The van der Waals surface area contributed by atoms with Gasteiger partial charge in [-0.1, -0.05) is 19.3 Å². The van der Waals surface area contributed by atoms with Gasteiger partial charge in [-0.25, -0.2) is 0 Å². The van der Waals surface area contributed by atoms with Crippen LogP contribution in [0.3, 0.4) is 0 Å². The molecule has 1 saturated carbocycles. The molecule has 1 atom stereocenters. The number of nitrogens with zero attached hydrogens (tertiary/aromatic N) is 4. The number of piperazine rings is 1. The van der Waals surface area contributed by atoms with Crippen molar-refractivity contribution < 1.29 is 9.90 Å². The fraction of sp³-hybridized carbons (Fsp3) is 0.778. The lowest BCUT2D eigenvalue weighted by Gasteiger charge is -2.35. The number of aromatic nitrogens is 2. The highest BCUT2D eigenvalue weighted by atomic mass is 16.3. The van der Waals surface area contributed by atoms with Crippen LogP contribution in [0.15, 0.2) is 6.20 Å². The fourth-order valence-corrected chi connectivity index (χ4v) is 4.03. The van der Waals surface area contributed by atoms with Gasteiger partial charge in [0.05, 0.1) is 17.4 Å². The van der Waals surface area contributed by atoms with Crippen LogP contribution in [0.4, 0.5) is 0 Å². The molecular formula is C18H30N4O2. The van der Waals surface area contributed by atoms with Gasteiger partial charge < -0.3 is 10.0 Å². The van der Waals surface area contributed by atoms with E-state index in [2.05, 4.69) is 10.00 Å². The normalized spacial score (nSPS) is 21.9. The van der Waals surface area contributed by atoms with Crippen LogP contribution in [-0.4, -0.2) is 69.4 Å². The predicted molar refractivity (Wildman–Crippen MR) is 93.1 cm³/mol. The van der Waals surface area contributed by atoms with Gasteiger partial charge in [-0.15, -0.1) is 0 Å². The maximum Gasteiger partial charge on any atom is 0.257 e. The Morgan fingerprint density at radius 2 is 1.92 bits per heavy atom. The van der Waals surface area contributed by atoms with Crippen molar-refractivity contribution in [2.24, 2.45) is 7.05 Å². The molecule has 1 aliphatic carbocycles. The van der Waals surface area contributed by atoms with Crippen LogP contribution < -0.4 is 0 Å². The average Bonchev–Trinajstić information content (AvgIpc) is 2.97. The Balaban J connectivity index is 1.67. The van der Waals surface area contributed by atoms with E-state index in [9.17, 15) is 9.90 Å². The molecule has 1 N–H and O–H groups in total. The van der Waals surface area contributed by atoms with Crippen molar-refractivity contribution in [3.63, 3.8) is 0 Å². The minimum Gasteiger partial charge on any atom is -0.392 e. The summed E-state index contributed by atoms with van der Waals surface area (Å²) < 4.78 is 1.79. The molecule has 6 nitrogen and oxygen atoms in total. The first-order chi connectivity index (χ1) is 11.5. The predicted octanol–water partition coefficient (Wildman–Crippen LogP) is 1.61. The first-order valence-electron chi connectivity index (χ1n) is 9.28. The van der Waals surface area contributed by atoms with Crippen molar-refractivity contribution in [2.75, 3.05) is 32.7 Å². The number of rotatable bonds is 4. The molecule has 1 amide bonds. The van der Waals surface area contributed by atoms with Crippen LogP contribution in [-0.2, 0) is 7.05 Å². The van der Waals surface area contributed by atoms with E-state index >= 15 is 0 Å². The summed E-state index contributed by atoms with van der Waals surface area (Å²) in [6.45, 7) is 5.60. The Morgan fingerprint density at radius 1 is 1.25 bits per heavy atom. The number of hydrogen-bond acceptors (Lipinski definition) is 4. The monoisotopic (exact) mass is 334 g/mol. The lowest BCUT2D eigenvalue weighted by Crippen LogP contribution is -2.50. The van der Waals surface area contributed by atoms with Crippen LogP contribution >= 0.6 is 0 Å². The third-order valence-electron chi connectivity index (χ3n) is 5.26. The van der Waals surface area contributed by atoms with E-state index in [4.69, 9.17) is 0 Å². The topological polar surface area (TPSA) is 61.6 Å². The molecule has 1 saturated heterocycles. The van der Waals surface area contributed by atoms with Gasteiger partial charge in [-0.05, 0) is 19.8 Å². The second-order valence-corrected chi connectivity index (χ2v) is 7.38. The molecule has 1 aliphatic heterocycles. The highest BCUT2D eigenvalue weighted by Gasteiger charge is 2.29. The fourth-order valence-electron chi connectivity index (χ4n) is 4.03. The lowest BCUT2D eigenvalue weighted by molar-refractivity contribution is 0.0552. The van der Waals surface area contributed by atoms with Gasteiger partial charge in [-0.3, -0.25) is 14.4 Å². The van der Waals surface area contributed by atoms with E-state index in [1.54, 1.807) is 4.68 Å². The van der Waals surface area contributed by atoms with E-state index in [0.29, 0.717) is 12.5 Å². The van der Waals surface area contributed by atoms with Crippen molar-refractivity contribution in [2.45, 2.75) is 51.0 Å². The molecule has 0 radical (unpaired) electrons. The Morgan fingerprint density at radius 3 is 2.54 bits per heavy atom. The molecule has 134 valence electrons. The maximum atomic E-state index is 13.0. The minimum absolute atomic E-state index is 0.125.